The molecule has 10 rings (SSSR count). The largest absolute Gasteiger partial charge is 0.311 e. The van der Waals surface area contributed by atoms with Crippen LogP contribution in [0.15, 0.2) is 84.9 Å². The van der Waals surface area contributed by atoms with Crippen LogP contribution in [0.5, 0.6) is 0 Å². The van der Waals surface area contributed by atoms with Gasteiger partial charge in [0.25, 0.3) is 6.71 Å². The summed E-state index contributed by atoms with van der Waals surface area (Å²) < 4.78 is 2.90. The van der Waals surface area contributed by atoms with E-state index in [9.17, 15) is 0 Å². The van der Waals surface area contributed by atoms with Gasteiger partial charge in [-0.1, -0.05) is 126 Å². The van der Waals surface area contributed by atoms with E-state index in [2.05, 4.69) is 182 Å². The fourth-order valence-corrected chi connectivity index (χ4v) is 13.5. The van der Waals surface area contributed by atoms with Gasteiger partial charge in [0.05, 0.1) is 5.69 Å². The number of aryl methyl sites for hydroxylation is 3. The lowest BCUT2D eigenvalue weighted by Crippen LogP contribution is -2.61. The molecule has 0 spiro atoms. The standard InChI is InChI=1S/C60H73BN2S/c1-12-15-18-39-21-24-42(25-22-39)63-52-35-41(20-17-14-3)34-51-54(52)61(56-55(63)44-33-40(19-16-13-2)23-28-53(44)64-56)49-37-47-48(60(10,11)32-31-59(47,8)9)38-50(49)62(51)43-26-27-45-46(36-43)58(6,7)30-29-57(45,4)5/h21-28,33-38H,12-20,29-32H2,1-11H3. The zero-order valence-corrected chi connectivity index (χ0v) is 42.0. The van der Waals surface area contributed by atoms with Crippen molar-refractivity contribution in [2.45, 2.75) is 181 Å². The summed E-state index contributed by atoms with van der Waals surface area (Å²) in [5, 5.41) is 1.41. The Morgan fingerprint density at radius 1 is 0.484 bits per heavy atom. The molecule has 0 radical (unpaired) electrons. The first-order valence-electron chi connectivity index (χ1n) is 25.3. The van der Waals surface area contributed by atoms with E-state index in [0.717, 1.165) is 19.3 Å². The average molecular weight is 865 g/mol. The van der Waals surface area contributed by atoms with Crippen LogP contribution >= 0.6 is 11.3 Å². The Hall–Kier alpha value is -4.28. The highest BCUT2D eigenvalue weighted by molar-refractivity contribution is 7.33. The summed E-state index contributed by atoms with van der Waals surface area (Å²) in [6.45, 7) is 27.0. The minimum atomic E-state index is 0.0894. The van der Waals surface area contributed by atoms with Crippen LogP contribution < -0.4 is 25.5 Å². The minimum Gasteiger partial charge on any atom is -0.311 e. The maximum atomic E-state index is 2.75. The Morgan fingerprint density at radius 2 is 1.00 bits per heavy atom. The monoisotopic (exact) mass is 865 g/mol. The van der Waals surface area contributed by atoms with Crippen molar-refractivity contribution in [2.75, 3.05) is 9.80 Å². The number of hydrogen-bond donors (Lipinski definition) is 0. The number of thiophene rings is 1. The first-order valence-corrected chi connectivity index (χ1v) is 26.1. The molecule has 3 heterocycles. The summed E-state index contributed by atoms with van der Waals surface area (Å²) in [5.74, 6) is 0. The van der Waals surface area contributed by atoms with Gasteiger partial charge in [0.15, 0.2) is 0 Å². The average Bonchev–Trinajstić information content (AvgIpc) is 3.65. The predicted octanol–water partition coefficient (Wildman–Crippen LogP) is 15.7. The molecule has 0 saturated carbocycles. The Kier molecular flexibility index (Phi) is 10.9. The summed E-state index contributed by atoms with van der Waals surface area (Å²) in [4.78, 5) is 5.47. The maximum Gasteiger partial charge on any atom is 0.264 e. The lowest BCUT2D eigenvalue weighted by Gasteiger charge is -2.47. The molecule has 332 valence electrons. The number of fused-ring (bicyclic) bond motifs is 8. The van der Waals surface area contributed by atoms with E-state index in [0.29, 0.717) is 0 Å². The SMILES string of the molecule is CCCCc1ccc(N2c3cc(CCCC)cc4c3B(c3cc5c(cc3N4c3ccc4c(c3)C(C)(C)CCC4(C)C)C(C)(C)CCC5(C)C)c3sc4ccc(CCCC)cc4c32)cc1. The van der Waals surface area contributed by atoms with Crippen LogP contribution in [-0.2, 0) is 40.9 Å². The zero-order valence-electron chi connectivity index (χ0n) is 41.2. The molecule has 64 heavy (non-hydrogen) atoms. The van der Waals surface area contributed by atoms with Crippen LogP contribution in [-0.4, -0.2) is 6.71 Å². The molecule has 0 saturated heterocycles. The van der Waals surface area contributed by atoms with Crippen molar-refractivity contribution < 1.29 is 0 Å². The van der Waals surface area contributed by atoms with Crippen molar-refractivity contribution in [2.24, 2.45) is 0 Å². The lowest BCUT2D eigenvalue weighted by atomic mass is 9.35. The highest BCUT2D eigenvalue weighted by Gasteiger charge is 2.48. The summed E-state index contributed by atoms with van der Waals surface area (Å²) >= 11 is 2.06. The minimum absolute atomic E-state index is 0.0894. The van der Waals surface area contributed by atoms with E-state index in [1.54, 1.807) is 5.56 Å². The number of hydrogen-bond acceptors (Lipinski definition) is 3. The van der Waals surface area contributed by atoms with Gasteiger partial charge >= 0.3 is 0 Å². The molecule has 0 amide bonds. The van der Waals surface area contributed by atoms with Gasteiger partial charge in [-0.3, -0.25) is 0 Å². The number of rotatable bonds is 11. The Labute approximate surface area is 391 Å². The number of nitrogens with zero attached hydrogens (tertiary/aromatic N) is 2. The molecule has 0 bridgehead atoms. The highest BCUT2D eigenvalue weighted by atomic mass is 32.1. The van der Waals surface area contributed by atoms with Crippen LogP contribution in [0.2, 0.25) is 0 Å². The summed E-state index contributed by atoms with van der Waals surface area (Å²) in [6.07, 6.45) is 15.4. The van der Waals surface area contributed by atoms with Crippen LogP contribution in [0.3, 0.4) is 0 Å². The van der Waals surface area contributed by atoms with Crippen LogP contribution in [0.4, 0.5) is 34.1 Å². The molecule has 4 aliphatic rings. The van der Waals surface area contributed by atoms with Gasteiger partial charge in [0.1, 0.15) is 0 Å². The first-order chi connectivity index (χ1) is 30.6. The molecule has 5 aromatic carbocycles. The Balaban J connectivity index is 1.32. The topological polar surface area (TPSA) is 6.48 Å². The highest BCUT2D eigenvalue weighted by Crippen LogP contribution is 2.53. The molecule has 0 atom stereocenters. The number of benzene rings is 5. The molecular formula is C60H73BN2S. The first kappa shape index (κ1) is 43.6. The summed E-state index contributed by atoms with van der Waals surface area (Å²) in [7, 11) is 0. The van der Waals surface area contributed by atoms with E-state index in [4.69, 9.17) is 0 Å². The summed E-state index contributed by atoms with van der Waals surface area (Å²) in [6, 6.07) is 35.5. The second-order valence-corrected chi connectivity index (χ2v) is 24.1. The molecule has 0 unspecified atom stereocenters. The summed E-state index contributed by atoms with van der Waals surface area (Å²) in [5.41, 5.74) is 22.0. The van der Waals surface area contributed by atoms with E-state index in [1.807, 2.05) is 0 Å². The van der Waals surface area contributed by atoms with Crippen molar-refractivity contribution in [3.63, 3.8) is 0 Å². The fourth-order valence-electron chi connectivity index (χ4n) is 12.2. The third-order valence-electron chi connectivity index (χ3n) is 16.5. The molecule has 2 aliphatic carbocycles. The van der Waals surface area contributed by atoms with Gasteiger partial charge in [0, 0.05) is 43.3 Å². The van der Waals surface area contributed by atoms with Gasteiger partial charge < -0.3 is 9.80 Å². The quantitative estimate of drug-likeness (QED) is 0.120. The van der Waals surface area contributed by atoms with Crippen molar-refractivity contribution in [3.05, 3.63) is 124 Å². The van der Waals surface area contributed by atoms with Crippen molar-refractivity contribution in [3.8, 4) is 0 Å². The smallest absolute Gasteiger partial charge is 0.264 e. The van der Waals surface area contributed by atoms with Crippen LogP contribution in [0, 0.1) is 0 Å². The normalized spacial score (nSPS) is 18.3. The van der Waals surface area contributed by atoms with E-state index < -0.39 is 0 Å². The molecular weight excluding hydrogens is 792 g/mol. The van der Waals surface area contributed by atoms with Crippen molar-refractivity contribution in [1.29, 1.82) is 0 Å². The molecule has 0 N–H and O–H groups in total. The second kappa shape index (κ2) is 16.0. The van der Waals surface area contributed by atoms with E-state index >= 15 is 0 Å². The predicted molar refractivity (Wildman–Crippen MR) is 282 cm³/mol. The fraction of sp³-hybridized carbons (Fsp3) is 0.467. The van der Waals surface area contributed by atoms with Gasteiger partial charge in [-0.15, -0.1) is 11.3 Å². The molecule has 4 heteroatoms. The number of anilines is 6. The van der Waals surface area contributed by atoms with Gasteiger partial charge in [-0.05, 0) is 190 Å². The second-order valence-electron chi connectivity index (χ2n) is 23.0. The van der Waals surface area contributed by atoms with Crippen molar-refractivity contribution >= 4 is 78.0 Å². The molecule has 2 aliphatic heterocycles. The maximum absolute atomic E-state index is 2.75. The van der Waals surface area contributed by atoms with E-state index in [-0.39, 0.29) is 28.4 Å². The van der Waals surface area contributed by atoms with Crippen LogP contribution in [0.1, 0.15) is 179 Å². The zero-order chi connectivity index (χ0) is 44.9. The molecule has 6 aromatic rings. The molecule has 0 fully saturated rings. The molecule has 2 nitrogen and oxygen atoms in total. The van der Waals surface area contributed by atoms with Gasteiger partial charge in [0.2, 0.25) is 0 Å². The van der Waals surface area contributed by atoms with Gasteiger partial charge in [-0.25, -0.2) is 0 Å². The number of unbranched alkanes of at least 4 members (excludes halogenated alkanes) is 3. The lowest BCUT2D eigenvalue weighted by molar-refractivity contribution is 0.332. The molecule has 1 aromatic heterocycles. The third-order valence-corrected chi connectivity index (χ3v) is 17.7. The van der Waals surface area contributed by atoms with Crippen LogP contribution in [0.25, 0.3) is 10.1 Å². The Bertz CT molecular complexity index is 2760. The van der Waals surface area contributed by atoms with Gasteiger partial charge in [-0.2, -0.15) is 0 Å². The van der Waals surface area contributed by atoms with E-state index in [1.165, 1.54) is 158 Å². The third kappa shape index (κ3) is 7.10. The Morgan fingerprint density at radius 3 is 1.62 bits per heavy atom. The van der Waals surface area contributed by atoms with Crippen molar-refractivity contribution in [1.82, 2.24) is 0 Å².